The molecule has 0 amide bonds. The normalized spacial score (nSPS) is 16.3. The van der Waals surface area contributed by atoms with Crippen molar-refractivity contribution in [2.75, 3.05) is 0 Å². The van der Waals surface area contributed by atoms with E-state index in [2.05, 4.69) is 19.1 Å². The second-order valence-electron chi connectivity index (χ2n) is 5.01. The van der Waals surface area contributed by atoms with Crippen molar-refractivity contribution in [3.63, 3.8) is 0 Å². The minimum Gasteiger partial charge on any atom is -0.250 e. The monoisotopic (exact) mass is 260 g/mol. The van der Waals surface area contributed by atoms with Gasteiger partial charge in [-0.05, 0) is 19.8 Å². The number of benzene rings is 1. The third-order valence-electron chi connectivity index (χ3n) is 3.79. The molecule has 0 bridgehead atoms. The summed E-state index contributed by atoms with van der Waals surface area (Å²) in [5, 5.41) is 5.55. The number of rotatable bonds is 2. The van der Waals surface area contributed by atoms with E-state index >= 15 is 0 Å². The number of hydrogen-bond acceptors (Lipinski definition) is 1. The Hall–Kier alpha value is -1.28. The first-order chi connectivity index (χ1) is 8.77. The van der Waals surface area contributed by atoms with E-state index in [4.69, 9.17) is 16.7 Å². The van der Waals surface area contributed by atoms with E-state index in [-0.39, 0.29) is 0 Å². The third-order valence-corrected chi connectivity index (χ3v) is 4.25. The van der Waals surface area contributed by atoms with E-state index in [1.165, 1.54) is 25.7 Å². The first-order valence-corrected chi connectivity index (χ1v) is 6.95. The van der Waals surface area contributed by atoms with Gasteiger partial charge in [0.05, 0.1) is 11.7 Å². The topological polar surface area (TPSA) is 17.8 Å². The van der Waals surface area contributed by atoms with Gasteiger partial charge in [-0.25, -0.2) is 0 Å². The molecule has 2 nitrogen and oxygen atoms in total. The minimum atomic E-state index is 0.494. The van der Waals surface area contributed by atoms with Crippen molar-refractivity contribution in [1.82, 2.24) is 9.78 Å². The van der Waals surface area contributed by atoms with Crippen LogP contribution in [0.4, 0.5) is 0 Å². The van der Waals surface area contributed by atoms with E-state index in [0.717, 1.165) is 22.0 Å². The molecule has 1 aromatic carbocycles. The zero-order chi connectivity index (χ0) is 12.5. The molecule has 1 heterocycles. The number of nitrogens with zero attached hydrogens (tertiary/aromatic N) is 2. The van der Waals surface area contributed by atoms with Gasteiger partial charge in [0, 0.05) is 11.1 Å². The highest BCUT2D eigenvalue weighted by Crippen LogP contribution is 2.35. The van der Waals surface area contributed by atoms with Crippen molar-refractivity contribution in [3.05, 3.63) is 41.0 Å². The molecule has 0 radical (unpaired) electrons. The standard InChI is InChI=1S/C15H17ClN2/c1-11-14(12-7-3-2-4-8-12)17-18(15(11)16)13-9-5-6-10-13/h2-4,7-8,13H,5-6,9-10H2,1H3. The maximum absolute atomic E-state index is 6.44. The van der Waals surface area contributed by atoms with Crippen molar-refractivity contribution < 1.29 is 0 Å². The molecular weight excluding hydrogens is 244 g/mol. The van der Waals surface area contributed by atoms with Crippen LogP contribution in [0.5, 0.6) is 0 Å². The van der Waals surface area contributed by atoms with Gasteiger partial charge in [-0.1, -0.05) is 54.8 Å². The lowest BCUT2D eigenvalue weighted by Crippen LogP contribution is -2.06. The average molecular weight is 261 g/mol. The summed E-state index contributed by atoms with van der Waals surface area (Å²) < 4.78 is 2.03. The summed E-state index contributed by atoms with van der Waals surface area (Å²) in [4.78, 5) is 0. The molecule has 1 aliphatic carbocycles. The van der Waals surface area contributed by atoms with E-state index < -0.39 is 0 Å². The largest absolute Gasteiger partial charge is 0.250 e. The van der Waals surface area contributed by atoms with Gasteiger partial charge in [-0.2, -0.15) is 5.10 Å². The van der Waals surface area contributed by atoms with Crippen LogP contribution >= 0.6 is 11.6 Å². The van der Waals surface area contributed by atoms with Crippen LogP contribution in [0.3, 0.4) is 0 Å². The molecule has 0 atom stereocenters. The van der Waals surface area contributed by atoms with Crippen molar-refractivity contribution >= 4 is 11.6 Å². The van der Waals surface area contributed by atoms with Crippen LogP contribution in [0.2, 0.25) is 5.15 Å². The first kappa shape index (κ1) is 11.8. The van der Waals surface area contributed by atoms with Crippen LogP contribution in [0.1, 0.15) is 37.3 Å². The second kappa shape index (κ2) is 4.77. The molecule has 1 aromatic heterocycles. The number of hydrogen-bond donors (Lipinski definition) is 0. The highest BCUT2D eigenvalue weighted by molar-refractivity contribution is 6.30. The molecular formula is C15H17ClN2. The van der Waals surface area contributed by atoms with E-state index in [9.17, 15) is 0 Å². The van der Waals surface area contributed by atoms with Gasteiger partial charge in [0.2, 0.25) is 0 Å². The molecule has 0 unspecified atom stereocenters. The van der Waals surface area contributed by atoms with Crippen LogP contribution in [0, 0.1) is 6.92 Å². The number of aromatic nitrogens is 2. The van der Waals surface area contributed by atoms with E-state index in [1.807, 2.05) is 22.9 Å². The van der Waals surface area contributed by atoms with Crippen LogP contribution in [-0.2, 0) is 0 Å². The first-order valence-electron chi connectivity index (χ1n) is 6.57. The summed E-state index contributed by atoms with van der Waals surface area (Å²) in [6, 6.07) is 10.8. The maximum atomic E-state index is 6.44. The fraction of sp³-hybridized carbons (Fsp3) is 0.400. The smallest absolute Gasteiger partial charge is 0.130 e. The fourth-order valence-corrected chi connectivity index (χ4v) is 3.02. The van der Waals surface area contributed by atoms with E-state index in [1.54, 1.807) is 0 Å². The van der Waals surface area contributed by atoms with Crippen molar-refractivity contribution in [1.29, 1.82) is 0 Å². The molecule has 1 aliphatic rings. The molecule has 0 N–H and O–H groups in total. The lowest BCUT2D eigenvalue weighted by atomic mass is 10.1. The van der Waals surface area contributed by atoms with Crippen LogP contribution in [0.25, 0.3) is 11.3 Å². The second-order valence-corrected chi connectivity index (χ2v) is 5.37. The fourth-order valence-electron chi connectivity index (χ4n) is 2.76. The Morgan fingerprint density at radius 2 is 1.83 bits per heavy atom. The highest BCUT2D eigenvalue weighted by Gasteiger charge is 2.23. The van der Waals surface area contributed by atoms with Gasteiger partial charge in [0.25, 0.3) is 0 Å². The Kier molecular flexibility index (Phi) is 3.13. The highest BCUT2D eigenvalue weighted by atomic mass is 35.5. The molecule has 0 saturated heterocycles. The van der Waals surface area contributed by atoms with Gasteiger partial charge in [0.1, 0.15) is 5.15 Å². The molecule has 94 valence electrons. The summed E-state index contributed by atoms with van der Waals surface area (Å²) in [5.41, 5.74) is 3.26. The third kappa shape index (κ3) is 1.95. The van der Waals surface area contributed by atoms with Crippen molar-refractivity contribution in [3.8, 4) is 11.3 Å². The summed E-state index contributed by atoms with van der Waals surface area (Å²) in [5.74, 6) is 0. The molecule has 1 fully saturated rings. The zero-order valence-corrected chi connectivity index (χ0v) is 11.3. The Morgan fingerprint density at radius 3 is 2.50 bits per heavy atom. The molecule has 1 saturated carbocycles. The summed E-state index contributed by atoms with van der Waals surface area (Å²) >= 11 is 6.44. The van der Waals surface area contributed by atoms with Crippen molar-refractivity contribution in [2.24, 2.45) is 0 Å². The molecule has 18 heavy (non-hydrogen) atoms. The van der Waals surface area contributed by atoms with Gasteiger partial charge >= 0.3 is 0 Å². The maximum Gasteiger partial charge on any atom is 0.130 e. The predicted molar refractivity (Wildman–Crippen MR) is 74.9 cm³/mol. The van der Waals surface area contributed by atoms with Gasteiger partial charge in [-0.3, -0.25) is 4.68 Å². The van der Waals surface area contributed by atoms with Crippen LogP contribution in [-0.4, -0.2) is 9.78 Å². The molecule has 3 heteroatoms. The van der Waals surface area contributed by atoms with Gasteiger partial charge < -0.3 is 0 Å². The lowest BCUT2D eigenvalue weighted by molar-refractivity contribution is 0.468. The molecule has 2 aromatic rings. The Balaban J connectivity index is 2.04. The van der Waals surface area contributed by atoms with Crippen LogP contribution < -0.4 is 0 Å². The Morgan fingerprint density at radius 1 is 1.17 bits per heavy atom. The SMILES string of the molecule is Cc1c(-c2ccccc2)nn(C2CCCC2)c1Cl. The molecule has 0 spiro atoms. The quantitative estimate of drug-likeness (QED) is 0.770. The van der Waals surface area contributed by atoms with Gasteiger partial charge in [-0.15, -0.1) is 0 Å². The average Bonchev–Trinajstić information content (AvgIpc) is 3.01. The van der Waals surface area contributed by atoms with Crippen LogP contribution in [0.15, 0.2) is 30.3 Å². The van der Waals surface area contributed by atoms with Gasteiger partial charge in [0.15, 0.2) is 0 Å². The summed E-state index contributed by atoms with van der Waals surface area (Å²) in [7, 11) is 0. The van der Waals surface area contributed by atoms with E-state index in [0.29, 0.717) is 6.04 Å². The summed E-state index contributed by atoms with van der Waals surface area (Å²) in [6.07, 6.45) is 4.99. The minimum absolute atomic E-state index is 0.494. The molecule has 0 aliphatic heterocycles. The van der Waals surface area contributed by atoms with Crippen molar-refractivity contribution in [2.45, 2.75) is 38.6 Å². The molecule has 3 rings (SSSR count). The number of halogens is 1. The Labute approximate surface area is 113 Å². The summed E-state index contributed by atoms with van der Waals surface area (Å²) in [6.45, 7) is 2.06. The Bertz CT molecular complexity index is 539. The zero-order valence-electron chi connectivity index (χ0n) is 10.6. The predicted octanol–water partition coefficient (Wildman–Crippen LogP) is 4.63. The lowest BCUT2D eigenvalue weighted by Gasteiger charge is -2.10.